The summed E-state index contributed by atoms with van der Waals surface area (Å²) in [7, 11) is 0. The second-order valence-electron chi connectivity index (χ2n) is 5.59. The molecule has 1 aromatic carbocycles. The summed E-state index contributed by atoms with van der Waals surface area (Å²) in [6, 6.07) is 6.91. The third-order valence-electron chi connectivity index (χ3n) is 3.91. The number of ether oxygens (including phenoxy) is 1. The lowest BCUT2D eigenvalue weighted by molar-refractivity contribution is -0.123. The summed E-state index contributed by atoms with van der Waals surface area (Å²) in [5.74, 6) is 1.16. The van der Waals surface area contributed by atoms with Crippen LogP contribution in [0, 0.1) is 5.92 Å². The number of rotatable bonds is 7. The molecule has 1 aromatic rings. The highest BCUT2D eigenvalue weighted by atomic mass is 16.5. The molecule has 1 amide bonds. The van der Waals surface area contributed by atoms with Crippen molar-refractivity contribution in [1.82, 2.24) is 10.6 Å². The van der Waals surface area contributed by atoms with E-state index < -0.39 is 0 Å². The van der Waals surface area contributed by atoms with E-state index in [1.165, 1.54) is 0 Å². The van der Waals surface area contributed by atoms with Gasteiger partial charge in [0.05, 0.1) is 0 Å². The second kappa shape index (κ2) is 8.54. The van der Waals surface area contributed by atoms with Gasteiger partial charge in [0.15, 0.2) is 12.4 Å². The molecule has 0 aromatic heterocycles. The Kier molecular flexibility index (Phi) is 6.40. The van der Waals surface area contributed by atoms with Crippen molar-refractivity contribution in [3.63, 3.8) is 0 Å². The van der Waals surface area contributed by atoms with E-state index in [-0.39, 0.29) is 18.3 Å². The van der Waals surface area contributed by atoms with Crippen LogP contribution in [0.2, 0.25) is 0 Å². The van der Waals surface area contributed by atoms with Crippen molar-refractivity contribution in [2.75, 3.05) is 26.2 Å². The predicted octanol–water partition coefficient (Wildman–Crippen LogP) is 1.77. The monoisotopic (exact) mass is 304 g/mol. The fourth-order valence-electron chi connectivity index (χ4n) is 2.49. The molecule has 22 heavy (non-hydrogen) atoms. The summed E-state index contributed by atoms with van der Waals surface area (Å²) in [6.45, 7) is 4.61. The topological polar surface area (TPSA) is 67.4 Å². The van der Waals surface area contributed by atoms with Gasteiger partial charge in [-0.15, -0.1) is 0 Å². The van der Waals surface area contributed by atoms with Crippen molar-refractivity contribution in [3.8, 4) is 5.75 Å². The first-order valence-corrected chi connectivity index (χ1v) is 7.92. The molecule has 1 fully saturated rings. The zero-order valence-corrected chi connectivity index (χ0v) is 13.1. The van der Waals surface area contributed by atoms with E-state index in [0.717, 1.165) is 25.9 Å². The molecule has 1 aliphatic rings. The van der Waals surface area contributed by atoms with Gasteiger partial charge in [-0.2, -0.15) is 0 Å². The van der Waals surface area contributed by atoms with Crippen LogP contribution in [0.1, 0.15) is 36.5 Å². The lowest BCUT2D eigenvalue weighted by atomic mass is 9.98. The number of hydrogen-bond acceptors (Lipinski definition) is 4. The van der Waals surface area contributed by atoms with Gasteiger partial charge < -0.3 is 15.4 Å². The molecule has 0 saturated carbocycles. The number of carbonyl (C=O) groups excluding carboxylic acids is 2. The maximum Gasteiger partial charge on any atom is 0.257 e. The van der Waals surface area contributed by atoms with Gasteiger partial charge in [-0.25, -0.2) is 0 Å². The van der Waals surface area contributed by atoms with Crippen LogP contribution in [-0.4, -0.2) is 37.9 Å². The number of ketones is 1. The molecule has 120 valence electrons. The molecule has 2 rings (SSSR count). The number of benzene rings is 1. The Morgan fingerprint density at radius 1 is 1.23 bits per heavy atom. The van der Waals surface area contributed by atoms with Crippen molar-refractivity contribution in [3.05, 3.63) is 29.8 Å². The molecule has 0 radical (unpaired) electrons. The molecule has 5 heteroatoms. The number of nitrogens with one attached hydrogen (secondary N) is 2. The predicted molar refractivity (Wildman–Crippen MR) is 85.2 cm³/mol. The van der Waals surface area contributed by atoms with Gasteiger partial charge in [-0.3, -0.25) is 9.59 Å². The van der Waals surface area contributed by atoms with Crippen LogP contribution in [-0.2, 0) is 4.79 Å². The van der Waals surface area contributed by atoms with Crippen LogP contribution in [0.5, 0.6) is 5.75 Å². The molecule has 0 unspecified atom stereocenters. The Labute approximate surface area is 131 Å². The molecule has 0 aliphatic carbocycles. The van der Waals surface area contributed by atoms with E-state index >= 15 is 0 Å². The zero-order chi connectivity index (χ0) is 15.8. The van der Waals surface area contributed by atoms with Crippen molar-refractivity contribution in [2.24, 2.45) is 5.92 Å². The second-order valence-corrected chi connectivity index (χ2v) is 5.59. The first-order valence-electron chi connectivity index (χ1n) is 7.92. The Hall–Kier alpha value is -1.88. The van der Waals surface area contributed by atoms with Crippen LogP contribution < -0.4 is 15.4 Å². The van der Waals surface area contributed by atoms with E-state index in [1.54, 1.807) is 24.3 Å². The summed E-state index contributed by atoms with van der Waals surface area (Å²) >= 11 is 0. The van der Waals surface area contributed by atoms with Crippen molar-refractivity contribution in [2.45, 2.75) is 26.2 Å². The average molecular weight is 304 g/mol. The standard InChI is InChI=1S/C17H24N2O3/c1-2-16(20)14-3-5-15(6-4-14)22-12-17(21)19-11-13-7-9-18-10-8-13/h3-6,13,18H,2,7-12H2,1H3,(H,19,21). The minimum atomic E-state index is -0.104. The van der Waals surface area contributed by atoms with Crippen molar-refractivity contribution in [1.29, 1.82) is 0 Å². The molecule has 0 spiro atoms. The summed E-state index contributed by atoms with van der Waals surface area (Å²) in [5.41, 5.74) is 0.671. The minimum Gasteiger partial charge on any atom is -0.484 e. The van der Waals surface area contributed by atoms with Crippen LogP contribution in [0.4, 0.5) is 0 Å². The van der Waals surface area contributed by atoms with Crippen molar-refractivity contribution >= 4 is 11.7 Å². The Balaban J connectivity index is 1.70. The Morgan fingerprint density at radius 2 is 1.91 bits per heavy atom. The molecule has 1 aliphatic heterocycles. The van der Waals surface area contributed by atoms with Gasteiger partial charge >= 0.3 is 0 Å². The molecule has 1 heterocycles. The number of Topliss-reactive ketones (excluding diaryl/α,β-unsaturated/α-hetero) is 1. The molecule has 5 nitrogen and oxygen atoms in total. The molecular formula is C17H24N2O3. The summed E-state index contributed by atoms with van der Waals surface area (Å²) < 4.78 is 5.44. The Morgan fingerprint density at radius 3 is 2.55 bits per heavy atom. The summed E-state index contributed by atoms with van der Waals surface area (Å²) in [5, 5.41) is 6.22. The number of carbonyl (C=O) groups is 2. The van der Waals surface area contributed by atoms with Gasteiger partial charge in [0.1, 0.15) is 5.75 Å². The van der Waals surface area contributed by atoms with Gasteiger partial charge in [0, 0.05) is 18.5 Å². The van der Waals surface area contributed by atoms with Gasteiger partial charge in [-0.05, 0) is 56.1 Å². The van der Waals surface area contributed by atoms with E-state index in [9.17, 15) is 9.59 Å². The lowest BCUT2D eigenvalue weighted by Crippen LogP contribution is -2.37. The maximum atomic E-state index is 11.8. The van der Waals surface area contributed by atoms with Gasteiger partial charge in [0.2, 0.25) is 0 Å². The summed E-state index contributed by atoms with van der Waals surface area (Å²) in [4.78, 5) is 23.3. The van der Waals surface area contributed by atoms with Gasteiger partial charge in [0.25, 0.3) is 5.91 Å². The quantitative estimate of drug-likeness (QED) is 0.754. The van der Waals surface area contributed by atoms with Crippen LogP contribution >= 0.6 is 0 Å². The molecule has 0 bridgehead atoms. The fourth-order valence-corrected chi connectivity index (χ4v) is 2.49. The van der Waals surface area contributed by atoms with Crippen molar-refractivity contribution < 1.29 is 14.3 Å². The van der Waals surface area contributed by atoms with E-state index in [0.29, 0.717) is 30.2 Å². The first kappa shape index (κ1) is 16.5. The molecular weight excluding hydrogens is 280 g/mol. The van der Waals surface area contributed by atoms with E-state index in [1.807, 2.05) is 6.92 Å². The third-order valence-corrected chi connectivity index (χ3v) is 3.91. The zero-order valence-electron chi connectivity index (χ0n) is 13.1. The average Bonchev–Trinajstić information content (AvgIpc) is 2.58. The smallest absolute Gasteiger partial charge is 0.257 e. The van der Waals surface area contributed by atoms with Gasteiger partial charge in [-0.1, -0.05) is 6.92 Å². The lowest BCUT2D eigenvalue weighted by Gasteiger charge is -2.22. The SMILES string of the molecule is CCC(=O)c1ccc(OCC(=O)NCC2CCNCC2)cc1. The third kappa shape index (κ3) is 5.15. The molecule has 2 N–H and O–H groups in total. The van der Waals surface area contributed by atoms with E-state index in [2.05, 4.69) is 10.6 Å². The minimum absolute atomic E-state index is 0.00599. The number of hydrogen-bond donors (Lipinski definition) is 2. The number of amides is 1. The Bertz CT molecular complexity index is 493. The van der Waals surface area contributed by atoms with Crippen LogP contribution in [0.25, 0.3) is 0 Å². The maximum absolute atomic E-state index is 11.8. The highest BCUT2D eigenvalue weighted by Gasteiger charge is 2.14. The molecule has 1 saturated heterocycles. The van der Waals surface area contributed by atoms with Crippen LogP contribution in [0.15, 0.2) is 24.3 Å². The van der Waals surface area contributed by atoms with Crippen LogP contribution in [0.3, 0.4) is 0 Å². The highest BCUT2D eigenvalue weighted by Crippen LogP contribution is 2.13. The largest absolute Gasteiger partial charge is 0.484 e. The molecule has 0 atom stereocenters. The summed E-state index contributed by atoms with van der Waals surface area (Å²) in [6.07, 6.45) is 2.70. The first-order chi connectivity index (χ1) is 10.7. The number of piperidine rings is 1. The fraction of sp³-hybridized carbons (Fsp3) is 0.529. The normalized spacial score (nSPS) is 15.3. The highest BCUT2D eigenvalue weighted by molar-refractivity contribution is 5.95. The van der Waals surface area contributed by atoms with E-state index in [4.69, 9.17) is 4.74 Å².